The number of likely N-dealkylation sites (tertiary alicyclic amines) is 1. The van der Waals surface area contributed by atoms with Gasteiger partial charge in [-0.1, -0.05) is 23.7 Å². The molecule has 0 aromatic heterocycles. The summed E-state index contributed by atoms with van der Waals surface area (Å²) in [5, 5.41) is 0.691. The Morgan fingerprint density at radius 2 is 1.67 bits per heavy atom. The maximum absolute atomic E-state index is 12.4. The van der Waals surface area contributed by atoms with E-state index in [0.29, 0.717) is 23.1 Å². The predicted molar refractivity (Wildman–Crippen MR) is 106 cm³/mol. The van der Waals surface area contributed by atoms with Crippen LogP contribution in [0.2, 0.25) is 5.02 Å². The minimum Gasteiger partial charge on any atom is -0.489 e. The molecule has 0 atom stereocenters. The molecule has 0 saturated carbocycles. The molecule has 1 heterocycles. The van der Waals surface area contributed by atoms with E-state index >= 15 is 0 Å². The van der Waals surface area contributed by atoms with E-state index in [1.165, 1.54) is 11.8 Å². The highest BCUT2D eigenvalue weighted by atomic mass is 35.5. The highest BCUT2D eigenvalue weighted by molar-refractivity contribution is 6.30. The molecule has 6 heteroatoms. The van der Waals surface area contributed by atoms with Gasteiger partial charge in [-0.05, 0) is 54.8 Å². The number of nitrogens with zero attached hydrogens (tertiary/aromatic N) is 2. The maximum atomic E-state index is 12.4. The van der Waals surface area contributed by atoms with E-state index < -0.39 is 0 Å². The van der Waals surface area contributed by atoms with Gasteiger partial charge in [0.05, 0.1) is 0 Å². The van der Waals surface area contributed by atoms with Gasteiger partial charge >= 0.3 is 0 Å². The largest absolute Gasteiger partial charge is 0.489 e. The zero-order valence-corrected chi connectivity index (χ0v) is 16.1. The van der Waals surface area contributed by atoms with Crippen LogP contribution in [0.5, 0.6) is 5.75 Å². The van der Waals surface area contributed by atoms with Gasteiger partial charge in [0.1, 0.15) is 18.9 Å². The Balaban J connectivity index is 1.61. The molecule has 0 aliphatic carbocycles. The van der Waals surface area contributed by atoms with Crippen molar-refractivity contribution in [3.63, 3.8) is 0 Å². The Kier molecular flexibility index (Phi) is 6.35. The SMILES string of the molecule is CC(=O)N(CC(=O)N1CCCC1)c1ccc(OCc2ccc(Cl)cc2)cc1. The summed E-state index contributed by atoms with van der Waals surface area (Å²) >= 11 is 5.88. The number of benzene rings is 2. The van der Waals surface area contributed by atoms with Crippen LogP contribution in [0.15, 0.2) is 48.5 Å². The third kappa shape index (κ3) is 5.23. The summed E-state index contributed by atoms with van der Waals surface area (Å²) in [5.74, 6) is 0.534. The summed E-state index contributed by atoms with van der Waals surface area (Å²) in [7, 11) is 0. The number of carbonyl (C=O) groups excluding carboxylic acids is 2. The van der Waals surface area contributed by atoms with Crippen molar-refractivity contribution in [2.45, 2.75) is 26.4 Å². The average Bonchev–Trinajstić information content (AvgIpc) is 3.21. The molecule has 0 bridgehead atoms. The third-order valence-electron chi connectivity index (χ3n) is 4.60. The van der Waals surface area contributed by atoms with Gasteiger partial charge in [-0.3, -0.25) is 9.59 Å². The van der Waals surface area contributed by atoms with Crippen LogP contribution in [0.25, 0.3) is 0 Å². The number of rotatable bonds is 6. The van der Waals surface area contributed by atoms with Crippen molar-refractivity contribution in [1.82, 2.24) is 4.90 Å². The van der Waals surface area contributed by atoms with Crippen LogP contribution < -0.4 is 9.64 Å². The standard InChI is InChI=1S/C21H23ClN2O3/c1-16(25)24(14-21(26)23-12-2-3-13-23)19-8-10-20(11-9-19)27-15-17-4-6-18(22)7-5-17/h4-11H,2-3,12-15H2,1H3. The maximum Gasteiger partial charge on any atom is 0.242 e. The normalized spacial score (nSPS) is 13.5. The Morgan fingerprint density at radius 1 is 1.04 bits per heavy atom. The van der Waals surface area contributed by atoms with Gasteiger partial charge in [-0.25, -0.2) is 0 Å². The molecule has 2 aromatic carbocycles. The summed E-state index contributed by atoms with van der Waals surface area (Å²) in [5.41, 5.74) is 1.71. The molecule has 142 valence electrons. The van der Waals surface area contributed by atoms with Crippen LogP contribution in [0, 0.1) is 0 Å². The second kappa shape index (κ2) is 8.91. The molecule has 2 amide bonds. The molecule has 1 aliphatic heterocycles. The molecule has 2 aromatic rings. The summed E-state index contributed by atoms with van der Waals surface area (Å²) in [6.45, 7) is 3.53. The average molecular weight is 387 g/mol. The number of halogens is 1. The molecule has 1 aliphatic rings. The minimum absolute atomic E-state index is 0.00855. The fourth-order valence-corrected chi connectivity index (χ4v) is 3.18. The molecular weight excluding hydrogens is 364 g/mol. The van der Waals surface area contributed by atoms with Crippen LogP contribution in [0.1, 0.15) is 25.3 Å². The number of amides is 2. The van der Waals surface area contributed by atoms with Gasteiger partial charge in [0.15, 0.2) is 0 Å². The van der Waals surface area contributed by atoms with E-state index in [9.17, 15) is 9.59 Å². The topological polar surface area (TPSA) is 49.9 Å². The van der Waals surface area contributed by atoms with Gasteiger partial charge in [0, 0.05) is 30.7 Å². The van der Waals surface area contributed by atoms with E-state index in [-0.39, 0.29) is 18.4 Å². The Hall–Kier alpha value is -2.53. The summed E-state index contributed by atoms with van der Waals surface area (Å²) < 4.78 is 5.77. The summed E-state index contributed by atoms with van der Waals surface area (Å²) in [4.78, 5) is 27.7. The van der Waals surface area contributed by atoms with E-state index in [4.69, 9.17) is 16.3 Å². The molecular formula is C21H23ClN2O3. The zero-order chi connectivity index (χ0) is 19.2. The van der Waals surface area contributed by atoms with E-state index in [1.54, 1.807) is 12.1 Å². The van der Waals surface area contributed by atoms with Crippen molar-refractivity contribution in [1.29, 1.82) is 0 Å². The molecule has 5 nitrogen and oxygen atoms in total. The molecule has 0 radical (unpaired) electrons. The van der Waals surface area contributed by atoms with Crippen molar-refractivity contribution in [3.8, 4) is 5.75 Å². The second-order valence-electron chi connectivity index (χ2n) is 6.60. The van der Waals surface area contributed by atoms with Crippen LogP contribution in [-0.4, -0.2) is 36.3 Å². The van der Waals surface area contributed by atoms with Crippen molar-refractivity contribution >= 4 is 29.1 Å². The van der Waals surface area contributed by atoms with Crippen LogP contribution in [-0.2, 0) is 16.2 Å². The van der Waals surface area contributed by atoms with Crippen molar-refractivity contribution < 1.29 is 14.3 Å². The van der Waals surface area contributed by atoms with E-state index in [0.717, 1.165) is 31.5 Å². The highest BCUT2D eigenvalue weighted by Gasteiger charge is 2.22. The lowest BCUT2D eigenvalue weighted by Crippen LogP contribution is -2.41. The van der Waals surface area contributed by atoms with Gasteiger partial charge in [0.25, 0.3) is 0 Å². The first-order valence-corrected chi connectivity index (χ1v) is 9.44. The lowest BCUT2D eigenvalue weighted by atomic mass is 10.2. The van der Waals surface area contributed by atoms with Gasteiger partial charge in [0.2, 0.25) is 11.8 Å². The van der Waals surface area contributed by atoms with Crippen LogP contribution in [0.3, 0.4) is 0 Å². The van der Waals surface area contributed by atoms with Crippen molar-refractivity contribution in [2.24, 2.45) is 0 Å². The number of hydrogen-bond acceptors (Lipinski definition) is 3. The summed E-state index contributed by atoms with van der Waals surface area (Å²) in [6, 6.07) is 14.7. The molecule has 0 unspecified atom stereocenters. The summed E-state index contributed by atoms with van der Waals surface area (Å²) in [6.07, 6.45) is 2.07. The second-order valence-corrected chi connectivity index (χ2v) is 7.04. The number of ether oxygens (including phenoxy) is 1. The molecule has 0 spiro atoms. The quantitative estimate of drug-likeness (QED) is 0.756. The van der Waals surface area contributed by atoms with Crippen molar-refractivity contribution in [2.75, 3.05) is 24.5 Å². The fourth-order valence-electron chi connectivity index (χ4n) is 3.06. The van der Waals surface area contributed by atoms with Crippen LogP contribution in [0.4, 0.5) is 5.69 Å². The third-order valence-corrected chi connectivity index (χ3v) is 4.85. The number of carbonyl (C=O) groups is 2. The molecule has 1 saturated heterocycles. The predicted octanol–water partition coefficient (Wildman–Crippen LogP) is 3.89. The first kappa shape index (κ1) is 19.2. The lowest BCUT2D eigenvalue weighted by molar-refractivity contribution is -0.130. The fraction of sp³-hybridized carbons (Fsp3) is 0.333. The number of hydrogen-bond donors (Lipinski definition) is 0. The minimum atomic E-state index is -0.155. The van der Waals surface area contributed by atoms with Gasteiger partial charge in [-0.2, -0.15) is 0 Å². The van der Waals surface area contributed by atoms with Gasteiger partial charge < -0.3 is 14.5 Å². The molecule has 1 fully saturated rings. The first-order valence-electron chi connectivity index (χ1n) is 9.06. The Labute approximate surface area is 164 Å². The lowest BCUT2D eigenvalue weighted by Gasteiger charge is -2.24. The Morgan fingerprint density at radius 3 is 2.26 bits per heavy atom. The highest BCUT2D eigenvalue weighted by Crippen LogP contribution is 2.21. The van der Waals surface area contributed by atoms with Crippen LogP contribution >= 0.6 is 11.6 Å². The number of anilines is 1. The molecule has 27 heavy (non-hydrogen) atoms. The van der Waals surface area contributed by atoms with Gasteiger partial charge in [-0.15, -0.1) is 0 Å². The van der Waals surface area contributed by atoms with E-state index in [1.807, 2.05) is 41.3 Å². The first-order chi connectivity index (χ1) is 13.0. The Bertz CT molecular complexity index is 784. The van der Waals surface area contributed by atoms with E-state index in [2.05, 4.69) is 0 Å². The smallest absolute Gasteiger partial charge is 0.242 e. The molecule has 3 rings (SSSR count). The van der Waals surface area contributed by atoms with Crippen molar-refractivity contribution in [3.05, 3.63) is 59.1 Å². The molecule has 0 N–H and O–H groups in total. The zero-order valence-electron chi connectivity index (χ0n) is 15.4. The monoisotopic (exact) mass is 386 g/mol.